The Kier molecular flexibility index (Phi) is 6.53. The Morgan fingerprint density at radius 2 is 1.85 bits per heavy atom. The van der Waals surface area contributed by atoms with Gasteiger partial charge in [-0.1, -0.05) is 45.7 Å². The lowest BCUT2D eigenvalue weighted by atomic mass is 9.96. The van der Waals surface area contributed by atoms with E-state index in [9.17, 15) is 0 Å². The van der Waals surface area contributed by atoms with E-state index < -0.39 is 0 Å². The standard InChI is InChI=1S/C16H24Br2N2/c1-12(2)3-6-16(20-9-7-19-8-10-20)14-11-13(17)4-5-15(14)18/h4-5,11-12,16,19H,3,6-10H2,1-2H3/t16-/m1/s1. The third kappa shape index (κ3) is 4.55. The van der Waals surface area contributed by atoms with E-state index in [1.165, 1.54) is 27.4 Å². The summed E-state index contributed by atoms with van der Waals surface area (Å²) >= 11 is 7.36. The van der Waals surface area contributed by atoms with Gasteiger partial charge in [0.25, 0.3) is 0 Å². The van der Waals surface area contributed by atoms with Crippen molar-refractivity contribution in [1.29, 1.82) is 0 Å². The van der Waals surface area contributed by atoms with Crippen molar-refractivity contribution in [2.75, 3.05) is 26.2 Å². The summed E-state index contributed by atoms with van der Waals surface area (Å²) in [7, 11) is 0. The van der Waals surface area contributed by atoms with E-state index in [0.29, 0.717) is 6.04 Å². The molecule has 0 aliphatic carbocycles. The van der Waals surface area contributed by atoms with Crippen LogP contribution in [-0.2, 0) is 0 Å². The second-order valence-electron chi connectivity index (χ2n) is 5.94. The molecule has 0 bridgehead atoms. The number of nitrogens with zero attached hydrogens (tertiary/aromatic N) is 1. The van der Waals surface area contributed by atoms with Gasteiger partial charge in [-0.25, -0.2) is 0 Å². The average Bonchev–Trinajstić information content (AvgIpc) is 2.43. The van der Waals surface area contributed by atoms with Crippen molar-refractivity contribution in [1.82, 2.24) is 10.2 Å². The van der Waals surface area contributed by atoms with Crippen LogP contribution >= 0.6 is 31.9 Å². The fourth-order valence-corrected chi connectivity index (χ4v) is 3.68. The van der Waals surface area contributed by atoms with Crippen molar-refractivity contribution in [2.45, 2.75) is 32.7 Å². The minimum absolute atomic E-state index is 0.520. The van der Waals surface area contributed by atoms with Crippen molar-refractivity contribution < 1.29 is 0 Å². The molecule has 20 heavy (non-hydrogen) atoms. The van der Waals surface area contributed by atoms with Crippen molar-refractivity contribution in [2.24, 2.45) is 5.92 Å². The van der Waals surface area contributed by atoms with Crippen LogP contribution < -0.4 is 5.32 Å². The third-order valence-electron chi connectivity index (χ3n) is 3.93. The molecule has 1 fully saturated rings. The minimum Gasteiger partial charge on any atom is -0.314 e. The highest BCUT2D eigenvalue weighted by Crippen LogP contribution is 2.34. The highest BCUT2D eigenvalue weighted by molar-refractivity contribution is 9.11. The molecule has 2 rings (SSSR count). The number of piperazine rings is 1. The zero-order valence-corrected chi connectivity index (χ0v) is 15.5. The number of hydrogen-bond acceptors (Lipinski definition) is 2. The Balaban J connectivity index is 2.21. The van der Waals surface area contributed by atoms with Gasteiger partial charge in [0.05, 0.1) is 0 Å². The van der Waals surface area contributed by atoms with Crippen LogP contribution in [0.3, 0.4) is 0 Å². The molecule has 0 radical (unpaired) electrons. The Labute approximate surface area is 139 Å². The molecule has 1 aliphatic heterocycles. The van der Waals surface area contributed by atoms with Gasteiger partial charge >= 0.3 is 0 Å². The normalized spacial score (nSPS) is 18.4. The van der Waals surface area contributed by atoms with E-state index in [0.717, 1.165) is 32.1 Å². The van der Waals surface area contributed by atoms with Crippen molar-refractivity contribution in [3.05, 3.63) is 32.7 Å². The molecular weight excluding hydrogens is 380 g/mol. The van der Waals surface area contributed by atoms with Gasteiger partial charge in [0.2, 0.25) is 0 Å². The predicted molar refractivity (Wildman–Crippen MR) is 93.1 cm³/mol. The lowest BCUT2D eigenvalue weighted by Crippen LogP contribution is -2.45. The molecule has 1 saturated heterocycles. The number of benzene rings is 1. The van der Waals surface area contributed by atoms with Gasteiger partial charge in [0, 0.05) is 41.2 Å². The molecule has 1 N–H and O–H groups in total. The Bertz CT molecular complexity index is 428. The molecule has 0 saturated carbocycles. The van der Waals surface area contributed by atoms with E-state index in [1.54, 1.807) is 0 Å². The van der Waals surface area contributed by atoms with Gasteiger partial charge in [0.1, 0.15) is 0 Å². The number of rotatable bonds is 5. The zero-order chi connectivity index (χ0) is 14.5. The van der Waals surface area contributed by atoms with Crippen molar-refractivity contribution in [3.8, 4) is 0 Å². The van der Waals surface area contributed by atoms with Gasteiger partial charge < -0.3 is 5.32 Å². The van der Waals surface area contributed by atoms with Crippen LogP contribution in [0.15, 0.2) is 27.1 Å². The highest BCUT2D eigenvalue weighted by Gasteiger charge is 2.24. The lowest BCUT2D eigenvalue weighted by Gasteiger charge is -2.36. The van der Waals surface area contributed by atoms with E-state index in [-0.39, 0.29) is 0 Å². The zero-order valence-electron chi connectivity index (χ0n) is 12.3. The molecule has 1 aromatic carbocycles. The highest BCUT2D eigenvalue weighted by atomic mass is 79.9. The van der Waals surface area contributed by atoms with Gasteiger partial charge in [-0.05, 0) is 42.5 Å². The Morgan fingerprint density at radius 1 is 1.15 bits per heavy atom. The largest absolute Gasteiger partial charge is 0.314 e. The summed E-state index contributed by atoms with van der Waals surface area (Å²) < 4.78 is 2.40. The molecule has 0 amide bonds. The number of hydrogen-bond donors (Lipinski definition) is 1. The van der Waals surface area contributed by atoms with Crippen LogP contribution in [0.4, 0.5) is 0 Å². The molecule has 2 nitrogen and oxygen atoms in total. The molecule has 0 spiro atoms. The molecule has 1 aromatic rings. The fourth-order valence-electron chi connectivity index (χ4n) is 2.79. The first-order valence-corrected chi connectivity index (χ1v) is 9.06. The summed E-state index contributed by atoms with van der Waals surface area (Å²) in [6, 6.07) is 7.05. The second kappa shape index (κ2) is 7.92. The van der Waals surface area contributed by atoms with Crippen LogP contribution in [-0.4, -0.2) is 31.1 Å². The predicted octanol–water partition coefficient (Wildman–Crippen LogP) is 4.59. The van der Waals surface area contributed by atoms with E-state index in [4.69, 9.17) is 0 Å². The first-order valence-electron chi connectivity index (χ1n) is 7.47. The molecule has 1 atom stereocenters. The summed E-state index contributed by atoms with van der Waals surface area (Å²) in [4.78, 5) is 2.63. The van der Waals surface area contributed by atoms with Crippen LogP contribution in [0, 0.1) is 5.92 Å². The van der Waals surface area contributed by atoms with Crippen LogP contribution in [0.1, 0.15) is 38.3 Å². The smallest absolute Gasteiger partial charge is 0.0360 e. The number of nitrogens with one attached hydrogen (secondary N) is 1. The summed E-state index contributed by atoms with van der Waals surface area (Å²) in [5, 5.41) is 3.45. The van der Waals surface area contributed by atoms with Gasteiger partial charge in [0.15, 0.2) is 0 Å². The van der Waals surface area contributed by atoms with E-state index in [2.05, 4.69) is 74.1 Å². The third-order valence-corrected chi connectivity index (χ3v) is 5.14. The monoisotopic (exact) mass is 402 g/mol. The maximum absolute atomic E-state index is 3.74. The minimum atomic E-state index is 0.520. The summed E-state index contributed by atoms with van der Waals surface area (Å²) in [5.41, 5.74) is 1.42. The lowest BCUT2D eigenvalue weighted by molar-refractivity contribution is 0.159. The SMILES string of the molecule is CC(C)CC[C@H](c1cc(Br)ccc1Br)N1CCNCC1. The second-order valence-corrected chi connectivity index (χ2v) is 7.71. The first kappa shape index (κ1) is 16.5. The molecule has 0 unspecified atom stereocenters. The molecule has 4 heteroatoms. The average molecular weight is 404 g/mol. The summed E-state index contributed by atoms with van der Waals surface area (Å²) in [6.07, 6.45) is 2.50. The van der Waals surface area contributed by atoms with E-state index >= 15 is 0 Å². The summed E-state index contributed by atoms with van der Waals surface area (Å²) in [5.74, 6) is 0.756. The molecule has 112 valence electrons. The van der Waals surface area contributed by atoms with Gasteiger partial charge in [-0.3, -0.25) is 4.90 Å². The molecule has 0 aromatic heterocycles. The Hall–Kier alpha value is 0.1000. The Morgan fingerprint density at radius 3 is 2.50 bits per heavy atom. The van der Waals surface area contributed by atoms with Crippen molar-refractivity contribution in [3.63, 3.8) is 0 Å². The topological polar surface area (TPSA) is 15.3 Å². The maximum Gasteiger partial charge on any atom is 0.0360 e. The maximum atomic E-state index is 3.74. The quantitative estimate of drug-likeness (QED) is 0.772. The van der Waals surface area contributed by atoms with Crippen LogP contribution in [0.25, 0.3) is 0 Å². The fraction of sp³-hybridized carbons (Fsp3) is 0.625. The first-order chi connectivity index (χ1) is 9.58. The van der Waals surface area contributed by atoms with Gasteiger partial charge in [-0.2, -0.15) is 0 Å². The van der Waals surface area contributed by atoms with E-state index in [1.807, 2.05) is 0 Å². The molecule has 1 heterocycles. The summed E-state index contributed by atoms with van der Waals surface area (Å²) in [6.45, 7) is 9.10. The van der Waals surface area contributed by atoms with Crippen LogP contribution in [0.5, 0.6) is 0 Å². The van der Waals surface area contributed by atoms with Crippen LogP contribution in [0.2, 0.25) is 0 Å². The molecular formula is C16H24Br2N2. The van der Waals surface area contributed by atoms with Crippen molar-refractivity contribution >= 4 is 31.9 Å². The van der Waals surface area contributed by atoms with Gasteiger partial charge in [-0.15, -0.1) is 0 Å². The number of halogens is 2. The molecule has 1 aliphatic rings.